The summed E-state index contributed by atoms with van der Waals surface area (Å²) in [6, 6.07) is 2.66. The SMILES string of the molecule is CNc1cc2cn(C3CCC3)nc2cn1. The third-order valence-electron chi connectivity index (χ3n) is 3.11. The number of nitrogens with one attached hydrogen (secondary N) is 1. The van der Waals surface area contributed by atoms with Crippen molar-refractivity contribution < 1.29 is 0 Å². The average Bonchev–Trinajstić information content (AvgIpc) is 2.56. The van der Waals surface area contributed by atoms with E-state index in [2.05, 4.69) is 26.3 Å². The predicted octanol–water partition coefficient (Wildman–Crippen LogP) is 2.20. The zero-order chi connectivity index (χ0) is 10.3. The van der Waals surface area contributed by atoms with Crippen molar-refractivity contribution in [3.63, 3.8) is 0 Å². The molecule has 1 aliphatic carbocycles. The van der Waals surface area contributed by atoms with Crippen LogP contribution in [0.25, 0.3) is 10.9 Å². The van der Waals surface area contributed by atoms with E-state index in [1.807, 2.05) is 19.3 Å². The van der Waals surface area contributed by atoms with E-state index >= 15 is 0 Å². The van der Waals surface area contributed by atoms with Crippen LogP contribution in [0.4, 0.5) is 5.82 Å². The lowest BCUT2D eigenvalue weighted by Gasteiger charge is -2.25. The first kappa shape index (κ1) is 8.71. The Balaban J connectivity index is 2.04. The molecule has 1 N–H and O–H groups in total. The first-order chi connectivity index (χ1) is 7.36. The molecule has 0 atom stereocenters. The minimum atomic E-state index is 0.621. The number of anilines is 1. The van der Waals surface area contributed by atoms with Gasteiger partial charge in [-0.3, -0.25) is 4.68 Å². The van der Waals surface area contributed by atoms with Gasteiger partial charge in [0.05, 0.1) is 12.2 Å². The Hall–Kier alpha value is -1.58. The first-order valence-electron chi connectivity index (χ1n) is 5.39. The summed E-state index contributed by atoms with van der Waals surface area (Å²) in [6.45, 7) is 0. The Bertz CT molecular complexity index is 484. The molecule has 0 amide bonds. The molecule has 0 radical (unpaired) electrons. The second-order valence-corrected chi connectivity index (χ2v) is 4.07. The summed E-state index contributed by atoms with van der Waals surface area (Å²) in [7, 11) is 1.88. The first-order valence-corrected chi connectivity index (χ1v) is 5.39. The van der Waals surface area contributed by atoms with Gasteiger partial charge in [0.1, 0.15) is 11.3 Å². The number of nitrogens with zero attached hydrogens (tertiary/aromatic N) is 3. The van der Waals surface area contributed by atoms with Crippen LogP contribution >= 0.6 is 0 Å². The smallest absolute Gasteiger partial charge is 0.126 e. The molecular formula is C11H14N4. The molecule has 0 saturated heterocycles. The number of aromatic nitrogens is 3. The molecule has 0 aromatic carbocycles. The van der Waals surface area contributed by atoms with Crippen molar-refractivity contribution in [2.24, 2.45) is 0 Å². The molecule has 1 saturated carbocycles. The van der Waals surface area contributed by atoms with Crippen molar-refractivity contribution in [1.29, 1.82) is 0 Å². The molecule has 4 nitrogen and oxygen atoms in total. The van der Waals surface area contributed by atoms with E-state index in [9.17, 15) is 0 Å². The van der Waals surface area contributed by atoms with E-state index in [1.54, 1.807) is 0 Å². The molecule has 1 aliphatic rings. The van der Waals surface area contributed by atoms with Crippen LogP contribution in [0, 0.1) is 0 Å². The van der Waals surface area contributed by atoms with Crippen LogP contribution in [-0.4, -0.2) is 21.8 Å². The van der Waals surface area contributed by atoms with Crippen LogP contribution in [0.3, 0.4) is 0 Å². The maximum absolute atomic E-state index is 4.54. The maximum Gasteiger partial charge on any atom is 0.126 e. The molecule has 2 aromatic rings. The summed E-state index contributed by atoms with van der Waals surface area (Å²) < 4.78 is 2.09. The fraction of sp³-hybridized carbons (Fsp3) is 0.455. The molecular weight excluding hydrogens is 188 g/mol. The van der Waals surface area contributed by atoms with E-state index in [-0.39, 0.29) is 0 Å². The third kappa shape index (κ3) is 1.37. The number of fused-ring (bicyclic) bond motifs is 1. The van der Waals surface area contributed by atoms with Crippen LogP contribution in [0.1, 0.15) is 25.3 Å². The van der Waals surface area contributed by atoms with Crippen LogP contribution in [-0.2, 0) is 0 Å². The van der Waals surface area contributed by atoms with Gasteiger partial charge in [-0.05, 0) is 25.3 Å². The van der Waals surface area contributed by atoms with E-state index < -0.39 is 0 Å². The fourth-order valence-corrected chi connectivity index (χ4v) is 1.92. The van der Waals surface area contributed by atoms with Gasteiger partial charge < -0.3 is 5.32 Å². The Morgan fingerprint density at radius 2 is 2.33 bits per heavy atom. The van der Waals surface area contributed by atoms with Gasteiger partial charge in [-0.25, -0.2) is 4.98 Å². The number of rotatable bonds is 2. The normalized spacial score (nSPS) is 16.6. The van der Waals surface area contributed by atoms with E-state index in [1.165, 1.54) is 24.6 Å². The molecule has 2 aromatic heterocycles. The zero-order valence-corrected chi connectivity index (χ0v) is 8.77. The zero-order valence-electron chi connectivity index (χ0n) is 8.77. The highest BCUT2D eigenvalue weighted by molar-refractivity contribution is 5.79. The maximum atomic E-state index is 4.54. The summed E-state index contributed by atoms with van der Waals surface area (Å²) in [5.41, 5.74) is 0.987. The Labute approximate surface area is 88.3 Å². The van der Waals surface area contributed by atoms with Crippen LogP contribution < -0.4 is 5.32 Å². The highest BCUT2D eigenvalue weighted by Gasteiger charge is 2.20. The molecule has 3 rings (SSSR count). The molecule has 2 heterocycles. The van der Waals surface area contributed by atoms with Gasteiger partial charge in [-0.1, -0.05) is 0 Å². The molecule has 1 fully saturated rings. The monoisotopic (exact) mass is 202 g/mol. The average molecular weight is 202 g/mol. The summed E-state index contributed by atoms with van der Waals surface area (Å²) in [6.07, 6.45) is 7.82. The molecule has 0 unspecified atom stereocenters. The Morgan fingerprint density at radius 3 is 3.00 bits per heavy atom. The summed E-state index contributed by atoms with van der Waals surface area (Å²) in [5, 5.41) is 8.74. The Morgan fingerprint density at radius 1 is 1.47 bits per heavy atom. The van der Waals surface area contributed by atoms with Crippen molar-refractivity contribution in [3.8, 4) is 0 Å². The summed E-state index contributed by atoms with van der Waals surface area (Å²) in [5.74, 6) is 0.899. The molecule has 0 aliphatic heterocycles. The molecule has 15 heavy (non-hydrogen) atoms. The molecule has 4 heteroatoms. The Kier molecular flexibility index (Phi) is 1.87. The number of hydrogen-bond acceptors (Lipinski definition) is 3. The van der Waals surface area contributed by atoms with Gasteiger partial charge in [0.25, 0.3) is 0 Å². The minimum Gasteiger partial charge on any atom is -0.373 e. The molecule has 0 bridgehead atoms. The summed E-state index contributed by atoms with van der Waals surface area (Å²) >= 11 is 0. The minimum absolute atomic E-state index is 0.621. The quantitative estimate of drug-likeness (QED) is 0.811. The second kappa shape index (κ2) is 3.22. The van der Waals surface area contributed by atoms with Gasteiger partial charge in [-0.15, -0.1) is 0 Å². The summed E-state index contributed by atoms with van der Waals surface area (Å²) in [4.78, 5) is 4.25. The van der Waals surface area contributed by atoms with E-state index in [0.717, 1.165) is 11.3 Å². The highest BCUT2D eigenvalue weighted by Crippen LogP contribution is 2.31. The lowest BCUT2D eigenvalue weighted by Crippen LogP contribution is -2.16. The van der Waals surface area contributed by atoms with Gasteiger partial charge in [0.2, 0.25) is 0 Å². The van der Waals surface area contributed by atoms with Gasteiger partial charge in [-0.2, -0.15) is 5.10 Å². The van der Waals surface area contributed by atoms with E-state index in [0.29, 0.717) is 6.04 Å². The van der Waals surface area contributed by atoms with Crippen LogP contribution in [0.2, 0.25) is 0 Å². The molecule has 78 valence electrons. The predicted molar refractivity (Wildman–Crippen MR) is 60.0 cm³/mol. The highest BCUT2D eigenvalue weighted by atomic mass is 15.3. The topological polar surface area (TPSA) is 42.7 Å². The van der Waals surface area contributed by atoms with Crippen molar-refractivity contribution >= 4 is 16.7 Å². The standard InChI is InChI=1S/C11H14N4/c1-12-11-5-8-7-15(9-3-2-4-9)14-10(8)6-13-11/h5-7,9,12H,2-4H2,1H3. The lowest BCUT2D eigenvalue weighted by molar-refractivity contribution is 0.291. The van der Waals surface area contributed by atoms with Gasteiger partial charge >= 0.3 is 0 Å². The molecule has 0 spiro atoms. The largest absolute Gasteiger partial charge is 0.373 e. The van der Waals surface area contributed by atoms with Crippen molar-refractivity contribution in [2.75, 3.05) is 12.4 Å². The second-order valence-electron chi connectivity index (χ2n) is 4.07. The van der Waals surface area contributed by atoms with Crippen LogP contribution in [0.15, 0.2) is 18.5 Å². The van der Waals surface area contributed by atoms with Gasteiger partial charge in [0, 0.05) is 18.6 Å². The van der Waals surface area contributed by atoms with Crippen molar-refractivity contribution in [3.05, 3.63) is 18.5 Å². The van der Waals surface area contributed by atoms with E-state index in [4.69, 9.17) is 0 Å². The lowest BCUT2D eigenvalue weighted by atomic mass is 9.93. The number of pyridine rings is 1. The third-order valence-corrected chi connectivity index (χ3v) is 3.11. The van der Waals surface area contributed by atoms with Crippen molar-refractivity contribution in [2.45, 2.75) is 25.3 Å². The van der Waals surface area contributed by atoms with Gasteiger partial charge in [0.15, 0.2) is 0 Å². The fourth-order valence-electron chi connectivity index (χ4n) is 1.92. The van der Waals surface area contributed by atoms with Crippen molar-refractivity contribution in [1.82, 2.24) is 14.8 Å². The van der Waals surface area contributed by atoms with Crippen LogP contribution in [0.5, 0.6) is 0 Å². The number of hydrogen-bond donors (Lipinski definition) is 1.